The van der Waals surface area contributed by atoms with Crippen LogP contribution in [0.1, 0.15) is 24.1 Å². The van der Waals surface area contributed by atoms with Gasteiger partial charge in [-0.2, -0.15) is 0 Å². The van der Waals surface area contributed by atoms with E-state index < -0.39 is 0 Å². The Balaban J connectivity index is 1.98. The second-order valence-corrected chi connectivity index (χ2v) is 5.47. The lowest BCUT2D eigenvalue weighted by molar-refractivity contribution is -0.380. The van der Waals surface area contributed by atoms with Gasteiger partial charge in [0, 0.05) is 29.1 Å². The normalized spacial score (nSPS) is 12.3. The van der Waals surface area contributed by atoms with Gasteiger partial charge in [0.1, 0.15) is 0 Å². The highest BCUT2D eigenvalue weighted by atomic mass is 35.5. The SMILES string of the molecule is C[C@@H](NCc1csc([N+](=O)[O-])c1)c1ccccc1Cl. The molecule has 1 aromatic carbocycles. The Morgan fingerprint density at radius 3 is 2.84 bits per heavy atom. The summed E-state index contributed by atoms with van der Waals surface area (Å²) in [4.78, 5) is 10.2. The summed E-state index contributed by atoms with van der Waals surface area (Å²) in [6.45, 7) is 2.60. The van der Waals surface area contributed by atoms with Gasteiger partial charge in [-0.3, -0.25) is 10.1 Å². The zero-order valence-electron chi connectivity index (χ0n) is 10.3. The topological polar surface area (TPSA) is 55.2 Å². The van der Waals surface area contributed by atoms with E-state index >= 15 is 0 Å². The van der Waals surface area contributed by atoms with Crippen LogP contribution in [0, 0.1) is 10.1 Å². The van der Waals surface area contributed by atoms with Crippen LogP contribution in [0.4, 0.5) is 5.00 Å². The number of hydrogen-bond donors (Lipinski definition) is 1. The Bertz CT molecular complexity index is 586. The van der Waals surface area contributed by atoms with Crippen molar-refractivity contribution in [2.24, 2.45) is 0 Å². The first kappa shape index (κ1) is 14.0. The minimum atomic E-state index is -0.369. The third-order valence-corrected chi connectivity index (χ3v) is 4.08. The average Bonchev–Trinajstić information content (AvgIpc) is 2.85. The number of nitro groups is 1. The minimum Gasteiger partial charge on any atom is -0.306 e. The summed E-state index contributed by atoms with van der Waals surface area (Å²) in [6, 6.07) is 9.33. The maximum absolute atomic E-state index is 10.6. The predicted octanol–water partition coefficient (Wildman–Crippen LogP) is 4.16. The van der Waals surface area contributed by atoms with E-state index in [-0.39, 0.29) is 16.0 Å². The lowest BCUT2D eigenvalue weighted by Gasteiger charge is -2.14. The van der Waals surface area contributed by atoms with Gasteiger partial charge in [-0.25, -0.2) is 0 Å². The number of nitrogens with zero attached hydrogens (tertiary/aromatic N) is 1. The molecule has 0 saturated carbocycles. The van der Waals surface area contributed by atoms with Gasteiger partial charge in [-0.05, 0) is 24.1 Å². The molecule has 0 radical (unpaired) electrons. The molecular weight excluding hydrogens is 284 g/mol. The molecule has 0 bridgehead atoms. The van der Waals surface area contributed by atoms with Crippen molar-refractivity contribution in [1.82, 2.24) is 5.32 Å². The van der Waals surface area contributed by atoms with Crippen LogP contribution in [-0.2, 0) is 6.54 Å². The highest BCUT2D eigenvalue weighted by Gasteiger charge is 2.12. The molecule has 1 N–H and O–H groups in total. The molecule has 19 heavy (non-hydrogen) atoms. The Morgan fingerprint density at radius 2 is 2.21 bits per heavy atom. The van der Waals surface area contributed by atoms with E-state index in [0.717, 1.165) is 27.5 Å². The molecule has 0 amide bonds. The van der Waals surface area contributed by atoms with Crippen LogP contribution in [0.2, 0.25) is 5.02 Å². The van der Waals surface area contributed by atoms with Gasteiger partial charge in [0.2, 0.25) is 0 Å². The van der Waals surface area contributed by atoms with Gasteiger partial charge < -0.3 is 5.32 Å². The molecule has 1 heterocycles. The van der Waals surface area contributed by atoms with Gasteiger partial charge in [-0.1, -0.05) is 41.1 Å². The van der Waals surface area contributed by atoms with Gasteiger partial charge in [0.25, 0.3) is 0 Å². The molecule has 4 nitrogen and oxygen atoms in total. The molecule has 1 aromatic heterocycles. The van der Waals surface area contributed by atoms with Crippen LogP contribution < -0.4 is 5.32 Å². The van der Waals surface area contributed by atoms with Crippen LogP contribution >= 0.6 is 22.9 Å². The standard InChI is InChI=1S/C13H13ClN2O2S/c1-9(11-4-2-3-5-12(11)14)15-7-10-6-13(16(17)18)19-8-10/h2-6,8-9,15H,7H2,1H3/t9-/m1/s1. The molecule has 2 aromatic rings. The number of thiophene rings is 1. The van der Waals surface area contributed by atoms with E-state index in [1.807, 2.05) is 31.2 Å². The maximum atomic E-state index is 10.6. The largest absolute Gasteiger partial charge is 0.324 e. The molecule has 0 unspecified atom stereocenters. The zero-order valence-corrected chi connectivity index (χ0v) is 11.9. The van der Waals surface area contributed by atoms with Gasteiger partial charge in [0.05, 0.1) is 4.92 Å². The molecule has 1 atom stereocenters. The van der Waals surface area contributed by atoms with Crippen LogP contribution in [0.5, 0.6) is 0 Å². The number of rotatable bonds is 5. The van der Waals surface area contributed by atoms with Crippen molar-refractivity contribution < 1.29 is 4.92 Å². The van der Waals surface area contributed by atoms with Crippen LogP contribution in [0.15, 0.2) is 35.7 Å². The van der Waals surface area contributed by atoms with Crippen LogP contribution in [0.25, 0.3) is 0 Å². The van der Waals surface area contributed by atoms with Gasteiger partial charge in [-0.15, -0.1) is 0 Å². The third kappa shape index (κ3) is 3.53. The Kier molecular flexibility index (Phi) is 4.52. The second-order valence-electron chi connectivity index (χ2n) is 4.17. The highest BCUT2D eigenvalue weighted by Crippen LogP contribution is 2.25. The lowest BCUT2D eigenvalue weighted by Crippen LogP contribution is -2.18. The quantitative estimate of drug-likeness (QED) is 0.666. The summed E-state index contributed by atoms with van der Waals surface area (Å²) in [5, 5.41) is 16.6. The zero-order chi connectivity index (χ0) is 13.8. The van der Waals surface area contributed by atoms with Crippen LogP contribution in [-0.4, -0.2) is 4.92 Å². The van der Waals surface area contributed by atoms with Crippen molar-refractivity contribution >= 4 is 27.9 Å². The monoisotopic (exact) mass is 296 g/mol. The van der Waals surface area contributed by atoms with E-state index in [1.54, 1.807) is 11.4 Å². The molecule has 0 aliphatic rings. The molecule has 0 saturated heterocycles. The minimum absolute atomic E-state index is 0.0904. The fourth-order valence-corrected chi connectivity index (χ4v) is 2.79. The first-order chi connectivity index (χ1) is 9.08. The highest BCUT2D eigenvalue weighted by molar-refractivity contribution is 7.13. The van der Waals surface area contributed by atoms with Crippen molar-refractivity contribution in [1.29, 1.82) is 0 Å². The first-order valence-electron chi connectivity index (χ1n) is 5.77. The number of nitrogens with one attached hydrogen (secondary N) is 1. The van der Waals surface area contributed by atoms with Crippen molar-refractivity contribution in [2.75, 3.05) is 0 Å². The van der Waals surface area contributed by atoms with Crippen LogP contribution in [0.3, 0.4) is 0 Å². The summed E-state index contributed by atoms with van der Waals surface area (Å²) in [6.07, 6.45) is 0. The maximum Gasteiger partial charge on any atom is 0.324 e. The molecule has 0 aliphatic heterocycles. The van der Waals surface area contributed by atoms with E-state index in [9.17, 15) is 10.1 Å². The molecule has 100 valence electrons. The Hall–Kier alpha value is -1.43. The van der Waals surface area contributed by atoms with Gasteiger partial charge >= 0.3 is 5.00 Å². The predicted molar refractivity (Wildman–Crippen MR) is 77.7 cm³/mol. The summed E-state index contributed by atoms with van der Waals surface area (Å²) in [5.41, 5.74) is 1.93. The smallest absolute Gasteiger partial charge is 0.306 e. The number of hydrogen-bond acceptors (Lipinski definition) is 4. The number of benzene rings is 1. The molecule has 0 aliphatic carbocycles. The van der Waals surface area contributed by atoms with E-state index in [2.05, 4.69) is 5.32 Å². The van der Waals surface area contributed by atoms with E-state index in [0.29, 0.717) is 6.54 Å². The summed E-state index contributed by atoms with van der Waals surface area (Å²) < 4.78 is 0. The number of halogens is 1. The third-order valence-electron chi connectivity index (χ3n) is 2.80. The summed E-state index contributed by atoms with van der Waals surface area (Å²) in [7, 11) is 0. The van der Waals surface area contributed by atoms with Crippen molar-refractivity contribution in [3.63, 3.8) is 0 Å². The second kappa shape index (κ2) is 6.14. The van der Waals surface area contributed by atoms with Crippen molar-refractivity contribution in [2.45, 2.75) is 19.5 Å². The molecule has 6 heteroatoms. The Labute approximate surface area is 120 Å². The molecule has 0 spiro atoms. The molecular formula is C13H13ClN2O2S. The lowest BCUT2D eigenvalue weighted by atomic mass is 10.1. The van der Waals surface area contributed by atoms with Gasteiger partial charge in [0.15, 0.2) is 0 Å². The fourth-order valence-electron chi connectivity index (χ4n) is 1.76. The van der Waals surface area contributed by atoms with E-state index in [1.165, 1.54) is 0 Å². The summed E-state index contributed by atoms with van der Waals surface area (Å²) in [5.74, 6) is 0. The van der Waals surface area contributed by atoms with Crippen molar-refractivity contribution in [3.8, 4) is 0 Å². The summed E-state index contributed by atoms with van der Waals surface area (Å²) >= 11 is 7.26. The Morgan fingerprint density at radius 1 is 1.47 bits per heavy atom. The average molecular weight is 297 g/mol. The molecule has 0 fully saturated rings. The van der Waals surface area contributed by atoms with Crippen molar-refractivity contribution in [3.05, 3.63) is 62.0 Å². The molecule has 2 rings (SSSR count). The van der Waals surface area contributed by atoms with E-state index in [4.69, 9.17) is 11.6 Å². The first-order valence-corrected chi connectivity index (χ1v) is 7.03. The fraction of sp³-hybridized carbons (Fsp3) is 0.231.